The van der Waals surface area contributed by atoms with Gasteiger partial charge in [-0.15, -0.1) is 0 Å². The van der Waals surface area contributed by atoms with Gasteiger partial charge in [0.1, 0.15) is 11.4 Å². The zero-order valence-electron chi connectivity index (χ0n) is 10.9. The molecule has 4 heteroatoms. The lowest BCUT2D eigenvalue weighted by atomic mass is 9.95. The highest BCUT2D eigenvalue weighted by atomic mass is 16.5. The molecule has 1 heterocycles. The average Bonchev–Trinajstić information content (AvgIpc) is 3.15. The Bertz CT molecular complexity index is 389. The maximum atomic E-state index is 5.88. The second-order valence-electron chi connectivity index (χ2n) is 4.72. The zero-order valence-corrected chi connectivity index (χ0v) is 10.9. The number of hydrogen-bond acceptors (Lipinski definition) is 4. The fourth-order valence-corrected chi connectivity index (χ4v) is 2.22. The third kappa shape index (κ3) is 2.27. The van der Waals surface area contributed by atoms with Crippen molar-refractivity contribution in [2.45, 2.75) is 51.0 Å². The monoisotopic (exact) mass is 235 g/mol. The van der Waals surface area contributed by atoms with Crippen molar-refractivity contribution >= 4 is 5.82 Å². The Hall–Kier alpha value is -1.16. The number of nitrogens with two attached hydrogens (primary N) is 1. The molecule has 0 unspecified atom stereocenters. The van der Waals surface area contributed by atoms with Crippen LogP contribution in [0.15, 0.2) is 6.07 Å². The van der Waals surface area contributed by atoms with Crippen LogP contribution in [-0.2, 0) is 10.3 Å². The molecule has 1 aromatic heterocycles. The lowest BCUT2D eigenvalue weighted by Crippen LogP contribution is -2.30. The largest absolute Gasteiger partial charge is 0.384 e. The minimum atomic E-state index is -0.390. The molecule has 17 heavy (non-hydrogen) atoms. The summed E-state index contributed by atoms with van der Waals surface area (Å²) in [6, 6.07) is 1.90. The third-order valence-corrected chi connectivity index (χ3v) is 3.70. The SMILES string of the molecule is CCC(CC)(OC)c1nc(N)cc(C2CC2)n1. The summed E-state index contributed by atoms with van der Waals surface area (Å²) in [5.41, 5.74) is 6.57. The van der Waals surface area contributed by atoms with E-state index in [2.05, 4.69) is 23.8 Å². The van der Waals surface area contributed by atoms with Gasteiger partial charge in [0.2, 0.25) is 0 Å². The first kappa shape index (κ1) is 12.3. The van der Waals surface area contributed by atoms with Gasteiger partial charge in [-0.1, -0.05) is 13.8 Å². The maximum absolute atomic E-state index is 5.88. The average molecular weight is 235 g/mol. The number of rotatable bonds is 5. The van der Waals surface area contributed by atoms with Crippen LogP contribution in [0.2, 0.25) is 0 Å². The molecule has 0 atom stereocenters. The predicted molar refractivity (Wildman–Crippen MR) is 67.7 cm³/mol. The highest BCUT2D eigenvalue weighted by Gasteiger charge is 2.34. The molecule has 0 aromatic carbocycles. The lowest BCUT2D eigenvalue weighted by molar-refractivity contribution is -0.0291. The standard InChI is InChI=1S/C13H21N3O/c1-4-13(5-2,17-3)12-15-10(9-6-7-9)8-11(14)16-12/h8-9H,4-7H2,1-3H3,(H2,14,15,16). The van der Waals surface area contributed by atoms with Gasteiger partial charge in [-0.3, -0.25) is 0 Å². The summed E-state index contributed by atoms with van der Waals surface area (Å²) in [5, 5.41) is 0. The number of nitrogens with zero attached hydrogens (tertiary/aromatic N) is 2. The first-order chi connectivity index (χ1) is 8.15. The van der Waals surface area contributed by atoms with Crippen molar-refractivity contribution < 1.29 is 4.74 Å². The molecule has 1 saturated carbocycles. The molecule has 0 amide bonds. The summed E-state index contributed by atoms with van der Waals surface area (Å²) in [5.74, 6) is 1.88. The molecule has 0 bridgehead atoms. The van der Waals surface area contributed by atoms with Gasteiger partial charge >= 0.3 is 0 Å². The number of anilines is 1. The van der Waals surface area contributed by atoms with Crippen LogP contribution in [0.5, 0.6) is 0 Å². The van der Waals surface area contributed by atoms with Gasteiger partial charge in [0.15, 0.2) is 5.82 Å². The summed E-state index contributed by atoms with van der Waals surface area (Å²) >= 11 is 0. The van der Waals surface area contributed by atoms with Gasteiger partial charge in [0, 0.05) is 24.8 Å². The fourth-order valence-electron chi connectivity index (χ4n) is 2.22. The van der Waals surface area contributed by atoms with Crippen LogP contribution in [0.3, 0.4) is 0 Å². The summed E-state index contributed by atoms with van der Waals surface area (Å²) in [7, 11) is 1.72. The molecule has 94 valence electrons. The molecule has 1 aromatic rings. The molecular weight excluding hydrogens is 214 g/mol. The van der Waals surface area contributed by atoms with Crippen LogP contribution >= 0.6 is 0 Å². The molecule has 0 saturated heterocycles. The van der Waals surface area contributed by atoms with E-state index in [-0.39, 0.29) is 5.60 Å². The van der Waals surface area contributed by atoms with Crippen molar-refractivity contribution in [1.29, 1.82) is 0 Å². The molecule has 0 spiro atoms. The van der Waals surface area contributed by atoms with Crippen molar-refractivity contribution in [2.75, 3.05) is 12.8 Å². The van der Waals surface area contributed by atoms with Crippen LogP contribution in [0.25, 0.3) is 0 Å². The fraction of sp³-hybridized carbons (Fsp3) is 0.692. The van der Waals surface area contributed by atoms with Gasteiger partial charge in [-0.05, 0) is 25.7 Å². The van der Waals surface area contributed by atoms with Gasteiger partial charge < -0.3 is 10.5 Å². The Morgan fingerprint density at radius 3 is 2.47 bits per heavy atom. The van der Waals surface area contributed by atoms with Crippen molar-refractivity contribution in [3.05, 3.63) is 17.6 Å². The Morgan fingerprint density at radius 2 is 2.00 bits per heavy atom. The molecule has 0 radical (unpaired) electrons. The van der Waals surface area contributed by atoms with Crippen LogP contribution < -0.4 is 5.73 Å². The van der Waals surface area contributed by atoms with E-state index < -0.39 is 0 Å². The van der Waals surface area contributed by atoms with Crippen LogP contribution in [0, 0.1) is 0 Å². The quantitative estimate of drug-likeness (QED) is 0.852. The number of hydrogen-bond donors (Lipinski definition) is 1. The highest BCUT2D eigenvalue weighted by molar-refractivity contribution is 5.34. The minimum Gasteiger partial charge on any atom is -0.384 e. The molecule has 0 aliphatic heterocycles. The first-order valence-electron chi connectivity index (χ1n) is 6.35. The van der Waals surface area contributed by atoms with E-state index in [0.717, 1.165) is 24.4 Å². The van der Waals surface area contributed by atoms with E-state index >= 15 is 0 Å². The van der Waals surface area contributed by atoms with Gasteiger partial charge in [0.25, 0.3) is 0 Å². The van der Waals surface area contributed by atoms with Crippen molar-refractivity contribution in [1.82, 2.24) is 9.97 Å². The van der Waals surface area contributed by atoms with E-state index in [4.69, 9.17) is 10.5 Å². The predicted octanol–water partition coefficient (Wildman–Crippen LogP) is 2.60. The van der Waals surface area contributed by atoms with Crippen molar-refractivity contribution in [2.24, 2.45) is 0 Å². The van der Waals surface area contributed by atoms with E-state index in [1.54, 1.807) is 7.11 Å². The Morgan fingerprint density at radius 1 is 1.35 bits per heavy atom. The summed E-state index contributed by atoms with van der Waals surface area (Å²) in [4.78, 5) is 9.04. The van der Waals surface area contributed by atoms with E-state index in [1.165, 1.54) is 12.8 Å². The number of methoxy groups -OCH3 is 1. The summed E-state index contributed by atoms with van der Waals surface area (Å²) < 4.78 is 5.65. The molecule has 1 aliphatic rings. The highest BCUT2D eigenvalue weighted by Crippen LogP contribution is 2.40. The van der Waals surface area contributed by atoms with Gasteiger partial charge in [-0.2, -0.15) is 0 Å². The van der Waals surface area contributed by atoms with E-state index in [9.17, 15) is 0 Å². The van der Waals surface area contributed by atoms with Gasteiger partial charge in [-0.25, -0.2) is 9.97 Å². The zero-order chi connectivity index (χ0) is 12.5. The van der Waals surface area contributed by atoms with E-state index in [1.807, 2.05) is 6.07 Å². The lowest BCUT2D eigenvalue weighted by Gasteiger charge is -2.28. The summed E-state index contributed by atoms with van der Waals surface area (Å²) in [6.07, 6.45) is 4.14. The maximum Gasteiger partial charge on any atom is 0.162 e. The van der Waals surface area contributed by atoms with Crippen LogP contribution in [0.4, 0.5) is 5.82 Å². The van der Waals surface area contributed by atoms with E-state index in [0.29, 0.717) is 11.7 Å². The number of nitrogen functional groups attached to an aromatic ring is 1. The Labute approximate surface area is 103 Å². The second-order valence-corrected chi connectivity index (χ2v) is 4.72. The molecule has 4 nitrogen and oxygen atoms in total. The molecule has 1 fully saturated rings. The van der Waals surface area contributed by atoms with Crippen LogP contribution in [-0.4, -0.2) is 17.1 Å². The first-order valence-corrected chi connectivity index (χ1v) is 6.35. The smallest absolute Gasteiger partial charge is 0.162 e. The number of ether oxygens (including phenoxy) is 1. The molecule has 2 rings (SSSR count). The van der Waals surface area contributed by atoms with Crippen LogP contribution in [0.1, 0.15) is 57.0 Å². The molecule has 1 aliphatic carbocycles. The summed E-state index contributed by atoms with van der Waals surface area (Å²) in [6.45, 7) is 4.19. The minimum absolute atomic E-state index is 0.390. The second kappa shape index (κ2) is 4.61. The third-order valence-electron chi connectivity index (χ3n) is 3.70. The van der Waals surface area contributed by atoms with Crippen molar-refractivity contribution in [3.63, 3.8) is 0 Å². The van der Waals surface area contributed by atoms with Gasteiger partial charge in [0.05, 0.1) is 0 Å². The molecule has 2 N–H and O–H groups in total. The molecular formula is C13H21N3O. The topological polar surface area (TPSA) is 61.0 Å². The Balaban J connectivity index is 2.42. The number of aromatic nitrogens is 2. The normalized spacial score (nSPS) is 16.2. The Kier molecular flexibility index (Phi) is 3.33. The van der Waals surface area contributed by atoms with Crippen molar-refractivity contribution in [3.8, 4) is 0 Å².